The number of unbranched alkanes of at least 4 members (excludes halogenated alkanes) is 1. The van der Waals surface area contributed by atoms with Gasteiger partial charge < -0.3 is 9.99 Å². The van der Waals surface area contributed by atoms with E-state index in [0.717, 1.165) is 44.1 Å². The van der Waals surface area contributed by atoms with Crippen molar-refractivity contribution < 1.29 is 53.7 Å². The Kier molecular flexibility index (Phi) is 19.5. The third-order valence-electron chi connectivity index (χ3n) is 3.23. The number of hydrogen-bond acceptors (Lipinski definition) is 6. The molecule has 0 spiro atoms. The summed E-state index contributed by atoms with van der Waals surface area (Å²) in [5, 5.41) is 13.0. The molecule has 0 saturated carbocycles. The van der Waals surface area contributed by atoms with Crippen molar-refractivity contribution in [3.63, 3.8) is 0 Å². The van der Waals surface area contributed by atoms with Gasteiger partial charge in [0, 0.05) is 17.3 Å². The van der Waals surface area contributed by atoms with Gasteiger partial charge in [0.1, 0.15) is 0 Å². The molecule has 0 rings (SSSR count). The molecule has 7 heteroatoms. The molecule has 0 amide bonds. The molecule has 21 heavy (non-hydrogen) atoms. The molecule has 0 aliphatic carbocycles. The summed E-state index contributed by atoms with van der Waals surface area (Å²) in [6, 6.07) is 0. The molecule has 0 aromatic carbocycles. The molecular formula is C14H27NaO5S. The Bertz CT molecular complexity index is 243. The Hall–Kier alpha value is 0.700. The topological polar surface area (TPSA) is 67.8 Å². The molecule has 0 aliphatic rings. The molecule has 0 radical (unpaired) electrons. The SMILES string of the molecule is CCCCC(CC)COC(=O)CC(CCC)SOO[O-].[Na+]. The molecule has 0 fully saturated rings. The van der Waals surface area contributed by atoms with E-state index in [1.165, 1.54) is 6.42 Å². The van der Waals surface area contributed by atoms with E-state index in [4.69, 9.17) is 4.74 Å². The first kappa shape index (κ1) is 24.0. The molecule has 5 nitrogen and oxygen atoms in total. The number of hydrogen-bond donors (Lipinski definition) is 0. The summed E-state index contributed by atoms with van der Waals surface area (Å²) in [5.41, 5.74) is 0. The average Bonchev–Trinajstić information content (AvgIpc) is 2.45. The number of carbonyl (C=O) groups is 1. The fraction of sp³-hybridized carbons (Fsp3) is 0.929. The standard InChI is InChI=1S/C14H28O5S.Na/c1-4-7-9-12(6-3)11-17-14(15)10-13(8-5-2)20-19-18-16;/h12-13,16H,4-11H2,1-3H3;/q;+1/p-1. The van der Waals surface area contributed by atoms with Crippen LogP contribution in [0.1, 0.15) is 65.7 Å². The molecule has 2 atom stereocenters. The molecule has 0 bridgehead atoms. The van der Waals surface area contributed by atoms with Gasteiger partial charge in [0.2, 0.25) is 0 Å². The Labute approximate surface area is 154 Å². The summed E-state index contributed by atoms with van der Waals surface area (Å²) in [4.78, 5) is 11.8. The van der Waals surface area contributed by atoms with Gasteiger partial charge >= 0.3 is 35.5 Å². The molecule has 2 unspecified atom stereocenters. The second-order valence-corrected chi connectivity index (χ2v) is 5.94. The summed E-state index contributed by atoms with van der Waals surface area (Å²) >= 11 is 0.893. The minimum atomic E-state index is -0.236. The molecule has 0 heterocycles. The molecule has 0 N–H and O–H groups in total. The fourth-order valence-electron chi connectivity index (χ4n) is 1.93. The van der Waals surface area contributed by atoms with Gasteiger partial charge in [-0.25, -0.2) is 0 Å². The van der Waals surface area contributed by atoms with E-state index in [-0.39, 0.29) is 47.2 Å². The van der Waals surface area contributed by atoms with Crippen molar-refractivity contribution >= 4 is 18.0 Å². The summed E-state index contributed by atoms with van der Waals surface area (Å²) in [7, 11) is 0. The first-order valence-corrected chi connectivity index (χ1v) is 8.25. The van der Waals surface area contributed by atoms with Gasteiger partial charge in [-0.1, -0.05) is 46.5 Å². The zero-order valence-electron chi connectivity index (χ0n) is 13.8. The normalized spacial score (nSPS) is 13.3. The third-order valence-corrected chi connectivity index (χ3v) is 4.04. The van der Waals surface area contributed by atoms with Crippen molar-refractivity contribution in [3.05, 3.63) is 0 Å². The second-order valence-electron chi connectivity index (χ2n) is 4.95. The van der Waals surface area contributed by atoms with E-state index < -0.39 is 0 Å². The summed E-state index contributed by atoms with van der Waals surface area (Å²) in [6.45, 7) is 6.76. The fourth-order valence-corrected chi connectivity index (χ4v) is 2.61. The summed E-state index contributed by atoms with van der Waals surface area (Å²) in [6.07, 6.45) is 6.36. The maximum absolute atomic E-state index is 11.8. The van der Waals surface area contributed by atoms with E-state index in [2.05, 4.69) is 23.2 Å². The number of esters is 1. The van der Waals surface area contributed by atoms with Crippen molar-refractivity contribution in [2.75, 3.05) is 6.61 Å². The van der Waals surface area contributed by atoms with Crippen LogP contribution >= 0.6 is 12.0 Å². The predicted molar refractivity (Wildman–Crippen MR) is 77.3 cm³/mol. The predicted octanol–water partition coefficient (Wildman–Crippen LogP) is 0.181. The molecular weight excluding hydrogens is 303 g/mol. The molecule has 0 saturated heterocycles. The first-order chi connectivity index (χ1) is 9.67. The van der Waals surface area contributed by atoms with Gasteiger partial charge in [-0.15, -0.1) is 0 Å². The van der Waals surface area contributed by atoms with E-state index in [1.54, 1.807) is 0 Å². The van der Waals surface area contributed by atoms with Crippen LogP contribution in [0.3, 0.4) is 0 Å². The smallest absolute Gasteiger partial charge is 0.691 e. The van der Waals surface area contributed by atoms with Crippen molar-refractivity contribution in [1.29, 1.82) is 0 Å². The van der Waals surface area contributed by atoms with Crippen LogP contribution in [0.4, 0.5) is 0 Å². The van der Waals surface area contributed by atoms with Crippen molar-refractivity contribution in [2.45, 2.75) is 71.0 Å². The largest absolute Gasteiger partial charge is 1.00 e. The van der Waals surface area contributed by atoms with Crippen molar-refractivity contribution in [3.8, 4) is 0 Å². The minimum Gasteiger partial charge on any atom is -0.691 e. The average molecular weight is 330 g/mol. The van der Waals surface area contributed by atoms with Crippen LogP contribution in [0.2, 0.25) is 0 Å². The summed E-state index contributed by atoms with van der Waals surface area (Å²) in [5.74, 6) is 0.206. The third kappa shape index (κ3) is 14.0. The maximum atomic E-state index is 11.8. The molecule has 120 valence electrons. The zero-order valence-corrected chi connectivity index (χ0v) is 16.6. The minimum absolute atomic E-state index is 0. The summed E-state index contributed by atoms with van der Waals surface area (Å²) < 4.78 is 9.62. The molecule has 0 aromatic rings. The van der Waals surface area contributed by atoms with Gasteiger partial charge in [-0.05, 0) is 18.8 Å². The Morgan fingerprint density at radius 1 is 1.19 bits per heavy atom. The first-order valence-electron chi connectivity index (χ1n) is 7.45. The van der Waals surface area contributed by atoms with Crippen LogP contribution in [0.5, 0.6) is 0 Å². The Morgan fingerprint density at radius 3 is 2.43 bits per heavy atom. The zero-order chi connectivity index (χ0) is 15.2. The quantitative estimate of drug-likeness (QED) is 0.158. The van der Waals surface area contributed by atoms with Crippen LogP contribution in [0.15, 0.2) is 0 Å². The van der Waals surface area contributed by atoms with Gasteiger partial charge in [-0.2, -0.15) is 4.33 Å². The Balaban J connectivity index is 0. The van der Waals surface area contributed by atoms with Crippen molar-refractivity contribution in [1.82, 2.24) is 0 Å². The number of ether oxygens (including phenoxy) is 1. The van der Waals surface area contributed by atoms with Crippen LogP contribution in [-0.2, 0) is 18.9 Å². The van der Waals surface area contributed by atoms with E-state index in [1.807, 2.05) is 6.92 Å². The van der Waals surface area contributed by atoms with Crippen molar-refractivity contribution in [2.24, 2.45) is 5.92 Å². The van der Waals surface area contributed by atoms with Crippen LogP contribution < -0.4 is 34.8 Å². The van der Waals surface area contributed by atoms with Gasteiger partial charge in [0.25, 0.3) is 0 Å². The van der Waals surface area contributed by atoms with Gasteiger partial charge in [0.15, 0.2) is 0 Å². The van der Waals surface area contributed by atoms with E-state index in [9.17, 15) is 10.1 Å². The second kappa shape index (κ2) is 17.1. The van der Waals surface area contributed by atoms with Crippen LogP contribution in [0.25, 0.3) is 0 Å². The maximum Gasteiger partial charge on any atom is 1.00 e. The number of rotatable bonds is 13. The van der Waals surface area contributed by atoms with Crippen LogP contribution in [0, 0.1) is 5.92 Å². The van der Waals surface area contributed by atoms with Gasteiger partial charge in [0.05, 0.1) is 13.0 Å². The molecule has 0 aromatic heterocycles. The van der Waals surface area contributed by atoms with E-state index in [0.29, 0.717) is 12.5 Å². The monoisotopic (exact) mass is 330 g/mol. The molecule has 0 aliphatic heterocycles. The Morgan fingerprint density at radius 2 is 1.90 bits per heavy atom. The van der Waals surface area contributed by atoms with Crippen LogP contribution in [-0.4, -0.2) is 17.8 Å². The van der Waals surface area contributed by atoms with E-state index >= 15 is 0 Å². The van der Waals surface area contributed by atoms with Gasteiger partial charge in [-0.3, -0.25) is 9.83 Å². The number of carbonyl (C=O) groups excluding carboxylic acids is 1.